The van der Waals surface area contributed by atoms with Crippen molar-refractivity contribution in [1.29, 1.82) is 0 Å². The van der Waals surface area contributed by atoms with E-state index >= 15 is 0 Å². The molecule has 0 aliphatic heterocycles. The van der Waals surface area contributed by atoms with Gasteiger partial charge in [-0.05, 0) is 19.1 Å². The van der Waals surface area contributed by atoms with Crippen molar-refractivity contribution in [3.63, 3.8) is 0 Å². The van der Waals surface area contributed by atoms with Crippen LogP contribution < -0.4 is 10.5 Å². The lowest BCUT2D eigenvalue weighted by atomic mass is 10.1. The summed E-state index contributed by atoms with van der Waals surface area (Å²) in [7, 11) is 0. The van der Waals surface area contributed by atoms with E-state index in [4.69, 9.17) is 5.73 Å². The highest BCUT2D eigenvalue weighted by Crippen LogP contribution is 2.27. The Bertz CT molecular complexity index is 534. The molecule has 3 nitrogen and oxygen atoms in total. The number of halogens is 3. The molecule has 1 aromatic carbocycles. The van der Waals surface area contributed by atoms with Gasteiger partial charge in [0.15, 0.2) is 0 Å². The number of rotatable bonds is 4. The van der Waals surface area contributed by atoms with Gasteiger partial charge in [-0.25, -0.2) is 4.98 Å². The fourth-order valence-corrected chi connectivity index (χ4v) is 2.25. The van der Waals surface area contributed by atoms with Crippen molar-refractivity contribution in [2.75, 3.05) is 0 Å². The predicted octanol–water partition coefficient (Wildman–Crippen LogP) is 3.85. The van der Waals surface area contributed by atoms with E-state index in [-0.39, 0.29) is 24.2 Å². The minimum atomic E-state index is -2.82. The van der Waals surface area contributed by atoms with Crippen molar-refractivity contribution >= 4 is 23.7 Å². The number of ether oxygens (including phenoxy) is 1. The molecule has 0 aliphatic rings. The van der Waals surface area contributed by atoms with Crippen LogP contribution in [0.25, 0.3) is 11.3 Å². The van der Waals surface area contributed by atoms with Gasteiger partial charge in [0.25, 0.3) is 0 Å². The number of alkyl halides is 2. The Morgan fingerprint density at radius 3 is 2.68 bits per heavy atom. The van der Waals surface area contributed by atoms with Crippen molar-refractivity contribution in [3.05, 3.63) is 34.7 Å². The SMILES string of the molecule is CC(N)c1nc(-c2cccc(OC(F)F)c2)cs1.Cl. The quantitative estimate of drug-likeness (QED) is 0.933. The van der Waals surface area contributed by atoms with E-state index in [0.29, 0.717) is 5.69 Å². The van der Waals surface area contributed by atoms with Crippen LogP contribution in [0.2, 0.25) is 0 Å². The zero-order chi connectivity index (χ0) is 13.1. The van der Waals surface area contributed by atoms with Crippen molar-refractivity contribution in [1.82, 2.24) is 4.98 Å². The van der Waals surface area contributed by atoms with E-state index in [9.17, 15) is 8.78 Å². The highest BCUT2D eigenvalue weighted by atomic mass is 35.5. The fourth-order valence-electron chi connectivity index (χ4n) is 1.46. The van der Waals surface area contributed by atoms with E-state index < -0.39 is 6.61 Å². The fraction of sp³-hybridized carbons (Fsp3) is 0.250. The molecule has 104 valence electrons. The van der Waals surface area contributed by atoms with Gasteiger partial charge in [-0.3, -0.25) is 0 Å². The summed E-state index contributed by atoms with van der Waals surface area (Å²) in [4.78, 5) is 4.35. The molecule has 0 aliphatic carbocycles. The van der Waals surface area contributed by atoms with Crippen LogP contribution in [0, 0.1) is 0 Å². The molecule has 1 aromatic heterocycles. The lowest BCUT2D eigenvalue weighted by molar-refractivity contribution is -0.0498. The van der Waals surface area contributed by atoms with Gasteiger partial charge in [-0.1, -0.05) is 12.1 Å². The second kappa shape index (κ2) is 6.79. The Labute approximate surface area is 119 Å². The summed E-state index contributed by atoms with van der Waals surface area (Å²) in [6.45, 7) is -0.978. The van der Waals surface area contributed by atoms with Gasteiger partial charge in [0, 0.05) is 10.9 Å². The van der Waals surface area contributed by atoms with Crippen LogP contribution in [0.15, 0.2) is 29.6 Å². The van der Waals surface area contributed by atoms with Crippen LogP contribution in [0.4, 0.5) is 8.78 Å². The van der Waals surface area contributed by atoms with Gasteiger partial charge in [0.2, 0.25) is 0 Å². The van der Waals surface area contributed by atoms with Crippen LogP contribution in [-0.2, 0) is 0 Å². The zero-order valence-electron chi connectivity index (χ0n) is 10.0. The predicted molar refractivity (Wildman–Crippen MR) is 74.0 cm³/mol. The number of hydrogen-bond acceptors (Lipinski definition) is 4. The summed E-state index contributed by atoms with van der Waals surface area (Å²) in [6.07, 6.45) is 0. The molecule has 2 aromatic rings. The molecule has 0 saturated carbocycles. The Balaban J connectivity index is 0.00000180. The first-order valence-corrected chi connectivity index (χ1v) is 6.20. The van der Waals surface area contributed by atoms with Crippen LogP contribution >= 0.6 is 23.7 Å². The van der Waals surface area contributed by atoms with Crippen molar-refractivity contribution in [3.8, 4) is 17.0 Å². The van der Waals surface area contributed by atoms with Gasteiger partial charge in [0.05, 0.1) is 11.7 Å². The summed E-state index contributed by atoms with van der Waals surface area (Å²) in [5.41, 5.74) is 7.17. The Hall–Kier alpha value is -1.24. The smallest absolute Gasteiger partial charge is 0.387 e. The van der Waals surface area contributed by atoms with Gasteiger partial charge >= 0.3 is 6.61 Å². The largest absolute Gasteiger partial charge is 0.435 e. The van der Waals surface area contributed by atoms with Crippen molar-refractivity contribution in [2.45, 2.75) is 19.6 Å². The monoisotopic (exact) mass is 306 g/mol. The minimum Gasteiger partial charge on any atom is -0.435 e. The number of aromatic nitrogens is 1. The summed E-state index contributed by atoms with van der Waals surface area (Å²) >= 11 is 1.45. The Morgan fingerprint density at radius 2 is 2.11 bits per heavy atom. The second-order valence-electron chi connectivity index (χ2n) is 3.77. The summed E-state index contributed by atoms with van der Waals surface area (Å²) in [5, 5.41) is 2.66. The number of hydrogen-bond donors (Lipinski definition) is 1. The number of benzene rings is 1. The maximum absolute atomic E-state index is 12.1. The summed E-state index contributed by atoms with van der Waals surface area (Å²) < 4.78 is 28.6. The molecule has 0 radical (unpaired) electrons. The molecule has 0 fully saturated rings. The topological polar surface area (TPSA) is 48.1 Å². The first kappa shape index (κ1) is 15.8. The standard InChI is InChI=1S/C12H12F2N2OS.ClH/c1-7(15)11-16-10(6-18-11)8-3-2-4-9(5-8)17-12(13)14;/h2-7,12H,15H2,1H3;1H. The van der Waals surface area contributed by atoms with Gasteiger partial charge in [-0.15, -0.1) is 23.7 Å². The van der Waals surface area contributed by atoms with E-state index in [1.807, 2.05) is 12.3 Å². The second-order valence-corrected chi connectivity index (χ2v) is 4.66. The van der Waals surface area contributed by atoms with Crippen LogP contribution in [0.5, 0.6) is 5.75 Å². The molecular weight excluding hydrogens is 294 g/mol. The lowest BCUT2D eigenvalue weighted by Crippen LogP contribution is -2.04. The lowest BCUT2D eigenvalue weighted by Gasteiger charge is -2.05. The molecule has 2 N–H and O–H groups in total. The molecule has 0 amide bonds. The number of nitrogens with two attached hydrogens (primary N) is 1. The molecule has 1 unspecified atom stereocenters. The summed E-state index contributed by atoms with van der Waals surface area (Å²) in [6, 6.07) is 6.32. The molecule has 1 atom stereocenters. The van der Waals surface area contributed by atoms with Crippen molar-refractivity contribution < 1.29 is 13.5 Å². The molecule has 0 spiro atoms. The highest BCUT2D eigenvalue weighted by Gasteiger charge is 2.10. The van der Waals surface area contributed by atoms with Gasteiger partial charge < -0.3 is 10.5 Å². The third-order valence-electron chi connectivity index (χ3n) is 2.27. The average Bonchev–Trinajstić information content (AvgIpc) is 2.77. The molecule has 0 saturated heterocycles. The highest BCUT2D eigenvalue weighted by molar-refractivity contribution is 7.10. The minimum absolute atomic E-state index is 0. The molecular formula is C12H13ClF2N2OS. The molecule has 7 heteroatoms. The first-order chi connectivity index (χ1) is 8.56. The number of thiazole rings is 1. The Kier molecular flexibility index (Phi) is 5.65. The number of nitrogens with zero attached hydrogens (tertiary/aromatic N) is 1. The third kappa shape index (κ3) is 4.12. The van der Waals surface area contributed by atoms with Crippen molar-refractivity contribution in [2.24, 2.45) is 5.73 Å². The average molecular weight is 307 g/mol. The molecule has 19 heavy (non-hydrogen) atoms. The molecule has 1 heterocycles. The summed E-state index contributed by atoms with van der Waals surface area (Å²) in [5.74, 6) is 0.123. The van der Waals surface area contributed by atoms with E-state index in [1.165, 1.54) is 23.5 Å². The Morgan fingerprint density at radius 1 is 1.37 bits per heavy atom. The van der Waals surface area contributed by atoms with Gasteiger partial charge in [-0.2, -0.15) is 8.78 Å². The molecule has 2 rings (SSSR count). The maximum atomic E-state index is 12.1. The van der Waals surface area contributed by atoms with Gasteiger partial charge in [0.1, 0.15) is 10.8 Å². The van der Waals surface area contributed by atoms with Crippen LogP contribution in [0.3, 0.4) is 0 Å². The van der Waals surface area contributed by atoms with E-state index in [0.717, 1.165) is 10.6 Å². The normalized spacial score (nSPS) is 12.1. The van der Waals surface area contributed by atoms with Crippen LogP contribution in [-0.4, -0.2) is 11.6 Å². The third-order valence-corrected chi connectivity index (χ3v) is 3.31. The van der Waals surface area contributed by atoms with Crippen LogP contribution in [0.1, 0.15) is 18.0 Å². The van der Waals surface area contributed by atoms with E-state index in [1.54, 1.807) is 12.1 Å². The zero-order valence-corrected chi connectivity index (χ0v) is 11.7. The first-order valence-electron chi connectivity index (χ1n) is 5.32. The maximum Gasteiger partial charge on any atom is 0.387 e. The van der Waals surface area contributed by atoms with E-state index in [2.05, 4.69) is 9.72 Å². The molecule has 0 bridgehead atoms.